The predicted octanol–water partition coefficient (Wildman–Crippen LogP) is 2.08. The first-order valence-electron chi connectivity index (χ1n) is 7.83. The van der Waals surface area contributed by atoms with Crippen molar-refractivity contribution in [1.82, 2.24) is 10.2 Å². The van der Waals surface area contributed by atoms with E-state index in [9.17, 15) is 4.79 Å². The summed E-state index contributed by atoms with van der Waals surface area (Å²) in [5, 5.41) is 3.23. The van der Waals surface area contributed by atoms with Crippen LogP contribution in [0.5, 0.6) is 0 Å². The Balaban J connectivity index is 1.43. The Morgan fingerprint density at radius 2 is 1.80 bits per heavy atom. The molecule has 20 heavy (non-hydrogen) atoms. The lowest BCUT2D eigenvalue weighted by atomic mass is 9.89. The second-order valence-corrected chi connectivity index (χ2v) is 6.24. The van der Waals surface area contributed by atoms with Gasteiger partial charge in [0.05, 0.1) is 0 Å². The van der Waals surface area contributed by atoms with Gasteiger partial charge in [0.2, 0.25) is 5.91 Å². The van der Waals surface area contributed by atoms with E-state index in [0.717, 1.165) is 57.8 Å². The molecule has 2 saturated heterocycles. The molecule has 3 heteroatoms. The summed E-state index contributed by atoms with van der Waals surface area (Å²) in [6.45, 7) is 3.96. The summed E-state index contributed by atoms with van der Waals surface area (Å²) in [6.07, 6.45) is 4.22. The molecule has 2 heterocycles. The van der Waals surface area contributed by atoms with Crippen LogP contribution < -0.4 is 5.32 Å². The maximum absolute atomic E-state index is 12.2. The Morgan fingerprint density at radius 1 is 1.10 bits per heavy atom. The molecule has 0 bridgehead atoms. The van der Waals surface area contributed by atoms with Gasteiger partial charge in [-0.25, -0.2) is 0 Å². The molecule has 1 aromatic carbocycles. The summed E-state index contributed by atoms with van der Waals surface area (Å²) in [4.78, 5) is 14.2. The molecule has 108 valence electrons. The number of amides is 1. The van der Waals surface area contributed by atoms with Gasteiger partial charge in [-0.05, 0) is 49.8 Å². The van der Waals surface area contributed by atoms with Gasteiger partial charge in [-0.3, -0.25) is 4.79 Å². The average Bonchev–Trinajstić information content (AvgIpc) is 2.44. The Hall–Kier alpha value is -1.35. The fourth-order valence-corrected chi connectivity index (χ4v) is 3.20. The van der Waals surface area contributed by atoms with Gasteiger partial charge in [0.1, 0.15) is 0 Å². The number of benzene rings is 1. The largest absolute Gasteiger partial charge is 0.343 e. The van der Waals surface area contributed by atoms with E-state index >= 15 is 0 Å². The minimum absolute atomic E-state index is 0.370. The Morgan fingerprint density at radius 3 is 2.40 bits per heavy atom. The lowest BCUT2D eigenvalue weighted by Gasteiger charge is -2.34. The summed E-state index contributed by atoms with van der Waals surface area (Å²) in [7, 11) is 0. The van der Waals surface area contributed by atoms with E-state index in [2.05, 4.69) is 40.5 Å². The second-order valence-electron chi connectivity index (χ2n) is 6.24. The quantitative estimate of drug-likeness (QED) is 0.910. The maximum atomic E-state index is 12.2. The maximum Gasteiger partial charge on any atom is 0.222 e. The molecule has 2 aliphatic rings. The lowest BCUT2D eigenvalue weighted by molar-refractivity contribution is -0.134. The third-order valence-corrected chi connectivity index (χ3v) is 4.66. The molecule has 1 aromatic rings. The lowest BCUT2D eigenvalue weighted by Crippen LogP contribution is -2.46. The zero-order chi connectivity index (χ0) is 13.8. The minimum atomic E-state index is 0.370. The van der Waals surface area contributed by atoms with Gasteiger partial charge in [-0.2, -0.15) is 0 Å². The van der Waals surface area contributed by atoms with E-state index in [-0.39, 0.29) is 0 Å². The van der Waals surface area contributed by atoms with Crippen LogP contribution in [0.15, 0.2) is 30.3 Å². The van der Waals surface area contributed by atoms with Gasteiger partial charge in [0.15, 0.2) is 0 Å². The first-order chi connectivity index (χ1) is 9.81. The van der Waals surface area contributed by atoms with E-state index in [1.165, 1.54) is 5.56 Å². The summed E-state index contributed by atoms with van der Waals surface area (Å²) < 4.78 is 0. The Kier molecular flexibility index (Phi) is 4.36. The van der Waals surface area contributed by atoms with E-state index in [0.29, 0.717) is 11.8 Å². The van der Waals surface area contributed by atoms with Gasteiger partial charge >= 0.3 is 0 Å². The van der Waals surface area contributed by atoms with Crippen LogP contribution in [0.2, 0.25) is 0 Å². The highest BCUT2D eigenvalue weighted by Gasteiger charge is 2.26. The van der Waals surface area contributed by atoms with Gasteiger partial charge < -0.3 is 10.2 Å². The van der Waals surface area contributed by atoms with Crippen molar-refractivity contribution >= 4 is 5.91 Å². The molecule has 1 N–H and O–H groups in total. The molecule has 0 saturated carbocycles. The molecular formula is C17H24N2O. The Labute approximate surface area is 121 Å². The van der Waals surface area contributed by atoms with Crippen molar-refractivity contribution in [1.29, 1.82) is 0 Å². The number of hydrogen-bond acceptors (Lipinski definition) is 2. The zero-order valence-electron chi connectivity index (χ0n) is 12.1. The minimum Gasteiger partial charge on any atom is -0.343 e. The standard InChI is InChI=1S/C17H24N2O/c20-17(11-16-12-18-13-16)19-8-6-15(7-9-19)10-14-4-2-1-3-5-14/h1-5,15-16,18H,6-13H2. The van der Waals surface area contributed by atoms with Crippen molar-refractivity contribution in [2.45, 2.75) is 25.7 Å². The first-order valence-corrected chi connectivity index (χ1v) is 7.83. The highest BCUT2D eigenvalue weighted by atomic mass is 16.2. The summed E-state index contributed by atoms with van der Waals surface area (Å²) in [5.74, 6) is 1.70. The third-order valence-electron chi connectivity index (χ3n) is 4.66. The average molecular weight is 272 g/mol. The number of hydrogen-bond donors (Lipinski definition) is 1. The first kappa shape index (κ1) is 13.6. The monoisotopic (exact) mass is 272 g/mol. The summed E-state index contributed by atoms with van der Waals surface area (Å²) in [5.41, 5.74) is 1.43. The van der Waals surface area contributed by atoms with Crippen molar-refractivity contribution in [2.24, 2.45) is 11.8 Å². The van der Waals surface area contributed by atoms with Crippen LogP contribution in [0.3, 0.4) is 0 Å². The number of likely N-dealkylation sites (tertiary alicyclic amines) is 1. The van der Waals surface area contributed by atoms with Crippen LogP contribution in [0, 0.1) is 11.8 Å². The molecule has 2 aliphatic heterocycles. The number of nitrogens with one attached hydrogen (secondary N) is 1. The van der Waals surface area contributed by atoms with Crippen LogP contribution in [-0.2, 0) is 11.2 Å². The number of rotatable bonds is 4. The van der Waals surface area contributed by atoms with E-state index < -0.39 is 0 Å². The summed E-state index contributed by atoms with van der Waals surface area (Å²) >= 11 is 0. The highest BCUT2D eigenvalue weighted by Crippen LogP contribution is 2.23. The van der Waals surface area contributed by atoms with Crippen molar-refractivity contribution in [3.05, 3.63) is 35.9 Å². The van der Waals surface area contributed by atoms with Gasteiger partial charge in [-0.15, -0.1) is 0 Å². The molecular weight excluding hydrogens is 248 g/mol. The molecule has 1 amide bonds. The second kappa shape index (κ2) is 6.40. The Bertz CT molecular complexity index is 434. The number of carbonyl (C=O) groups is 1. The van der Waals surface area contributed by atoms with Crippen LogP contribution in [0.4, 0.5) is 0 Å². The van der Waals surface area contributed by atoms with Crippen LogP contribution in [0.25, 0.3) is 0 Å². The zero-order valence-corrected chi connectivity index (χ0v) is 12.1. The van der Waals surface area contributed by atoms with Gasteiger partial charge in [-0.1, -0.05) is 30.3 Å². The van der Waals surface area contributed by atoms with Crippen LogP contribution in [0.1, 0.15) is 24.8 Å². The fraction of sp³-hybridized carbons (Fsp3) is 0.588. The number of piperidine rings is 1. The molecule has 0 spiro atoms. The van der Waals surface area contributed by atoms with Crippen molar-refractivity contribution in [2.75, 3.05) is 26.2 Å². The van der Waals surface area contributed by atoms with Gasteiger partial charge in [0, 0.05) is 19.5 Å². The van der Waals surface area contributed by atoms with E-state index in [4.69, 9.17) is 0 Å². The molecule has 3 nitrogen and oxygen atoms in total. The van der Waals surface area contributed by atoms with Crippen LogP contribution >= 0.6 is 0 Å². The molecule has 0 unspecified atom stereocenters. The van der Waals surface area contributed by atoms with Crippen LogP contribution in [-0.4, -0.2) is 37.0 Å². The fourth-order valence-electron chi connectivity index (χ4n) is 3.20. The molecule has 0 aliphatic carbocycles. The molecule has 0 radical (unpaired) electrons. The molecule has 2 fully saturated rings. The smallest absolute Gasteiger partial charge is 0.222 e. The normalized spacial score (nSPS) is 20.7. The van der Waals surface area contributed by atoms with Gasteiger partial charge in [0.25, 0.3) is 0 Å². The molecule has 0 atom stereocenters. The molecule has 0 aromatic heterocycles. The topological polar surface area (TPSA) is 32.3 Å². The highest BCUT2D eigenvalue weighted by molar-refractivity contribution is 5.76. The third kappa shape index (κ3) is 3.40. The summed E-state index contributed by atoms with van der Waals surface area (Å²) in [6, 6.07) is 10.7. The van der Waals surface area contributed by atoms with Crippen molar-refractivity contribution < 1.29 is 4.79 Å². The SMILES string of the molecule is O=C(CC1CNC1)N1CCC(Cc2ccccc2)CC1. The predicted molar refractivity (Wildman–Crippen MR) is 80.4 cm³/mol. The number of carbonyl (C=O) groups excluding carboxylic acids is 1. The number of nitrogens with zero attached hydrogens (tertiary/aromatic N) is 1. The van der Waals surface area contributed by atoms with E-state index in [1.807, 2.05) is 0 Å². The van der Waals surface area contributed by atoms with E-state index in [1.54, 1.807) is 0 Å². The molecule has 3 rings (SSSR count). The van der Waals surface area contributed by atoms with Crippen molar-refractivity contribution in [3.63, 3.8) is 0 Å². The van der Waals surface area contributed by atoms with Crippen molar-refractivity contribution in [3.8, 4) is 0 Å².